The number of halogens is 2. The molecular formula is C25H21ClFN3O3. The summed E-state index contributed by atoms with van der Waals surface area (Å²) in [5, 5.41) is 3.35. The van der Waals surface area contributed by atoms with Crippen molar-refractivity contribution in [2.24, 2.45) is 0 Å². The van der Waals surface area contributed by atoms with Crippen LogP contribution in [0.4, 0.5) is 21.5 Å². The van der Waals surface area contributed by atoms with Crippen molar-refractivity contribution in [1.29, 1.82) is 0 Å². The van der Waals surface area contributed by atoms with E-state index in [0.29, 0.717) is 22.7 Å². The Morgan fingerprint density at radius 1 is 0.939 bits per heavy atom. The average molecular weight is 466 g/mol. The van der Waals surface area contributed by atoms with E-state index in [1.165, 1.54) is 37.4 Å². The van der Waals surface area contributed by atoms with Crippen molar-refractivity contribution in [2.45, 2.75) is 0 Å². The lowest BCUT2D eigenvalue weighted by molar-refractivity contribution is -0.120. The van der Waals surface area contributed by atoms with Gasteiger partial charge >= 0.3 is 0 Å². The van der Waals surface area contributed by atoms with Crippen molar-refractivity contribution >= 4 is 46.1 Å². The molecule has 3 aromatic carbocycles. The molecule has 0 aromatic heterocycles. The molecule has 0 fully saturated rings. The minimum absolute atomic E-state index is 0.0937. The van der Waals surface area contributed by atoms with Crippen LogP contribution in [0.25, 0.3) is 5.57 Å². The lowest BCUT2D eigenvalue weighted by Crippen LogP contribution is -2.32. The standard InChI is InChI=1S/C25H21ClFN3O3/c1-29(2)18-10-8-17(9-11-18)28-23-22(15-4-6-16(27)7-5-15)24(31)30(25(23)32)19-12-13-21(33-3)20(26)14-19/h4-14,28H,1-3H3. The number of methoxy groups -OCH3 is 1. The number of nitrogens with one attached hydrogen (secondary N) is 1. The Balaban J connectivity index is 1.77. The summed E-state index contributed by atoms with van der Waals surface area (Å²) < 4.78 is 18.7. The van der Waals surface area contributed by atoms with E-state index >= 15 is 0 Å². The van der Waals surface area contributed by atoms with E-state index in [-0.39, 0.29) is 16.3 Å². The Morgan fingerprint density at radius 2 is 1.61 bits per heavy atom. The summed E-state index contributed by atoms with van der Waals surface area (Å²) >= 11 is 6.23. The van der Waals surface area contributed by atoms with Gasteiger partial charge in [-0.2, -0.15) is 0 Å². The number of hydrogen-bond acceptors (Lipinski definition) is 5. The van der Waals surface area contributed by atoms with Gasteiger partial charge < -0.3 is 15.0 Å². The molecule has 1 N–H and O–H groups in total. The smallest absolute Gasteiger partial charge is 0.282 e. The van der Waals surface area contributed by atoms with Gasteiger partial charge in [0, 0.05) is 25.5 Å². The highest BCUT2D eigenvalue weighted by atomic mass is 35.5. The first-order chi connectivity index (χ1) is 15.8. The zero-order valence-electron chi connectivity index (χ0n) is 18.2. The maximum absolute atomic E-state index is 13.5. The number of rotatable bonds is 6. The molecule has 0 unspecified atom stereocenters. The third-order valence-electron chi connectivity index (χ3n) is 5.26. The van der Waals surface area contributed by atoms with Gasteiger partial charge in [-0.05, 0) is 60.2 Å². The van der Waals surface area contributed by atoms with Gasteiger partial charge in [0.15, 0.2) is 0 Å². The molecule has 3 aromatic rings. The molecule has 0 spiro atoms. The van der Waals surface area contributed by atoms with Crippen molar-refractivity contribution < 1.29 is 18.7 Å². The predicted octanol–water partition coefficient (Wildman–Crippen LogP) is 4.95. The molecule has 0 saturated carbocycles. The third-order valence-corrected chi connectivity index (χ3v) is 5.56. The number of imide groups is 1. The molecule has 1 aliphatic rings. The van der Waals surface area contributed by atoms with Crippen molar-refractivity contribution in [3.63, 3.8) is 0 Å². The lowest BCUT2D eigenvalue weighted by atomic mass is 10.0. The van der Waals surface area contributed by atoms with Crippen LogP contribution in [0.15, 0.2) is 72.4 Å². The topological polar surface area (TPSA) is 61.9 Å². The molecule has 4 rings (SSSR count). The molecule has 0 aliphatic carbocycles. The number of amides is 2. The second kappa shape index (κ2) is 8.96. The Hall–Kier alpha value is -3.84. The Morgan fingerprint density at radius 3 is 2.18 bits per heavy atom. The molecule has 0 bridgehead atoms. The average Bonchev–Trinajstić information content (AvgIpc) is 3.04. The Labute approximate surface area is 195 Å². The summed E-state index contributed by atoms with van der Waals surface area (Å²) in [4.78, 5) is 29.9. The monoisotopic (exact) mass is 465 g/mol. The summed E-state index contributed by atoms with van der Waals surface area (Å²) in [6, 6.07) is 17.5. The summed E-state index contributed by atoms with van der Waals surface area (Å²) in [6.07, 6.45) is 0. The number of nitrogens with zero attached hydrogens (tertiary/aromatic N) is 2. The molecular weight excluding hydrogens is 445 g/mol. The summed E-state index contributed by atoms with van der Waals surface area (Å²) in [5.74, 6) is -1.10. The highest BCUT2D eigenvalue weighted by molar-refractivity contribution is 6.46. The fourth-order valence-corrected chi connectivity index (χ4v) is 3.80. The van der Waals surface area contributed by atoms with Crippen LogP contribution in [0, 0.1) is 5.82 Å². The van der Waals surface area contributed by atoms with Gasteiger partial charge in [-0.1, -0.05) is 23.7 Å². The summed E-state index contributed by atoms with van der Waals surface area (Å²) in [6.45, 7) is 0. The van der Waals surface area contributed by atoms with Crippen LogP contribution in [-0.4, -0.2) is 33.0 Å². The van der Waals surface area contributed by atoms with E-state index in [1.807, 2.05) is 43.3 Å². The highest BCUT2D eigenvalue weighted by Crippen LogP contribution is 2.36. The first kappa shape index (κ1) is 22.4. The maximum Gasteiger partial charge on any atom is 0.282 e. The Kier molecular flexibility index (Phi) is 6.07. The van der Waals surface area contributed by atoms with Gasteiger partial charge in [-0.25, -0.2) is 9.29 Å². The SMILES string of the molecule is COc1ccc(N2C(=O)C(Nc3ccc(N(C)C)cc3)=C(c3ccc(F)cc3)C2=O)cc1Cl. The zero-order chi connectivity index (χ0) is 23.7. The summed E-state index contributed by atoms with van der Waals surface area (Å²) in [5.41, 5.74) is 2.57. The number of carbonyl (C=O) groups excluding carboxylic acids is 2. The molecule has 1 heterocycles. The van der Waals surface area contributed by atoms with E-state index in [1.54, 1.807) is 12.1 Å². The van der Waals surface area contributed by atoms with Crippen LogP contribution in [0.1, 0.15) is 5.56 Å². The van der Waals surface area contributed by atoms with Gasteiger partial charge in [-0.3, -0.25) is 9.59 Å². The normalized spacial score (nSPS) is 13.5. The largest absolute Gasteiger partial charge is 0.495 e. The molecule has 8 heteroatoms. The van der Waals surface area contributed by atoms with Gasteiger partial charge in [-0.15, -0.1) is 0 Å². The molecule has 0 radical (unpaired) electrons. The van der Waals surface area contributed by atoms with E-state index in [4.69, 9.17) is 16.3 Å². The van der Waals surface area contributed by atoms with Crippen LogP contribution in [0.3, 0.4) is 0 Å². The van der Waals surface area contributed by atoms with Crippen molar-refractivity contribution in [1.82, 2.24) is 0 Å². The van der Waals surface area contributed by atoms with Gasteiger partial charge in [0.2, 0.25) is 0 Å². The predicted molar refractivity (Wildman–Crippen MR) is 128 cm³/mol. The van der Waals surface area contributed by atoms with Gasteiger partial charge in [0.25, 0.3) is 11.8 Å². The molecule has 0 saturated heterocycles. The Bertz CT molecular complexity index is 1250. The van der Waals surface area contributed by atoms with Crippen LogP contribution in [0.5, 0.6) is 5.75 Å². The van der Waals surface area contributed by atoms with Crippen LogP contribution in [0.2, 0.25) is 5.02 Å². The maximum atomic E-state index is 13.5. The fourth-order valence-electron chi connectivity index (χ4n) is 3.55. The minimum Gasteiger partial charge on any atom is -0.495 e. The van der Waals surface area contributed by atoms with Crippen LogP contribution >= 0.6 is 11.6 Å². The molecule has 6 nitrogen and oxygen atoms in total. The van der Waals surface area contributed by atoms with Gasteiger partial charge in [0.1, 0.15) is 17.3 Å². The lowest BCUT2D eigenvalue weighted by Gasteiger charge is -2.17. The molecule has 1 aliphatic heterocycles. The molecule has 168 valence electrons. The van der Waals surface area contributed by atoms with Crippen molar-refractivity contribution in [2.75, 3.05) is 36.3 Å². The van der Waals surface area contributed by atoms with Crippen LogP contribution in [-0.2, 0) is 9.59 Å². The number of anilines is 3. The molecule has 33 heavy (non-hydrogen) atoms. The van der Waals surface area contributed by atoms with Crippen LogP contribution < -0.4 is 19.9 Å². The van der Waals surface area contributed by atoms with E-state index in [9.17, 15) is 14.0 Å². The number of hydrogen-bond donors (Lipinski definition) is 1. The first-order valence-corrected chi connectivity index (χ1v) is 10.4. The number of benzene rings is 3. The van der Waals surface area contributed by atoms with E-state index < -0.39 is 17.6 Å². The molecule has 2 amide bonds. The first-order valence-electron chi connectivity index (χ1n) is 10.1. The quantitative estimate of drug-likeness (QED) is 0.522. The van der Waals surface area contributed by atoms with Crippen molar-refractivity contribution in [3.8, 4) is 5.75 Å². The zero-order valence-corrected chi connectivity index (χ0v) is 19.0. The fraction of sp³-hybridized carbons (Fsp3) is 0.120. The van der Waals surface area contributed by atoms with E-state index in [0.717, 1.165) is 10.6 Å². The highest BCUT2D eigenvalue weighted by Gasteiger charge is 2.40. The van der Waals surface area contributed by atoms with Crippen molar-refractivity contribution in [3.05, 3.63) is 88.8 Å². The second-order valence-electron chi connectivity index (χ2n) is 7.59. The molecule has 0 atom stereocenters. The minimum atomic E-state index is -0.544. The third kappa shape index (κ3) is 4.27. The summed E-state index contributed by atoms with van der Waals surface area (Å²) in [7, 11) is 5.33. The number of ether oxygens (including phenoxy) is 1. The second-order valence-corrected chi connectivity index (χ2v) is 7.99. The number of carbonyl (C=O) groups is 2. The van der Waals surface area contributed by atoms with Gasteiger partial charge in [0.05, 0.1) is 23.4 Å². The van der Waals surface area contributed by atoms with E-state index in [2.05, 4.69) is 5.32 Å².